The first kappa shape index (κ1) is 11.9. The van der Waals surface area contributed by atoms with Crippen molar-refractivity contribution in [2.24, 2.45) is 11.7 Å². The molecular formula is C14H17F2NO. The zero-order chi connectivity index (χ0) is 12.8. The Balaban J connectivity index is 1.92. The molecule has 98 valence electrons. The summed E-state index contributed by atoms with van der Waals surface area (Å²) in [5.41, 5.74) is 6.05. The second kappa shape index (κ2) is 4.19. The van der Waals surface area contributed by atoms with Crippen LogP contribution in [-0.4, -0.2) is 6.61 Å². The van der Waals surface area contributed by atoms with Crippen LogP contribution >= 0.6 is 0 Å². The summed E-state index contributed by atoms with van der Waals surface area (Å²) in [7, 11) is 0. The molecule has 0 amide bonds. The Labute approximate surface area is 105 Å². The molecule has 0 radical (unpaired) electrons. The summed E-state index contributed by atoms with van der Waals surface area (Å²) < 4.78 is 32.8. The van der Waals surface area contributed by atoms with Gasteiger partial charge in [0.05, 0.1) is 6.61 Å². The van der Waals surface area contributed by atoms with E-state index < -0.39 is 17.2 Å². The van der Waals surface area contributed by atoms with E-state index in [1.165, 1.54) is 6.07 Å². The Morgan fingerprint density at radius 1 is 1.28 bits per heavy atom. The quantitative estimate of drug-likeness (QED) is 0.895. The van der Waals surface area contributed by atoms with Gasteiger partial charge in [0.2, 0.25) is 0 Å². The molecule has 18 heavy (non-hydrogen) atoms. The largest absolute Gasteiger partial charge is 0.490 e. The maximum absolute atomic E-state index is 13.9. The number of ether oxygens (including phenoxy) is 1. The molecule has 1 aromatic rings. The molecule has 0 atom stereocenters. The van der Waals surface area contributed by atoms with Gasteiger partial charge in [-0.25, -0.2) is 8.78 Å². The Hall–Kier alpha value is -1.16. The molecule has 0 unspecified atom stereocenters. The van der Waals surface area contributed by atoms with Crippen molar-refractivity contribution in [3.05, 3.63) is 29.3 Å². The molecule has 0 aliphatic heterocycles. The third kappa shape index (κ3) is 2.09. The molecule has 2 nitrogen and oxygen atoms in total. The lowest BCUT2D eigenvalue weighted by Gasteiger charge is -2.39. The molecule has 0 bridgehead atoms. The van der Waals surface area contributed by atoms with Crippen LogP contribution in [0, 0.1) is 17.6 Å². The van der Waals surface area contributed by atoms with Crippen molar-refractivity contribution in [2.75, 3.05) is 6.61 Å². The normalized spacial score (nSPS) is 21.5. The molecule has 4 heteroatoms. The minimum Gasteiger partial charge on any atom is -0.490 e. The van der Waals surface area contributed by atoms with Crippen molar-refractivity contribution in [1.29, 1.82) is 0 Å². The van der Waals surface area contributed by atoms with Crippen LogP contribution in [0.15, 0.2) is 12.1 Å². The number of hydrogen-bond donors (Lipinski definition) is 1. The van der Waals surface area contributed by atoms with Crippen LogP contribution < -0.4 is 10.5 Å². The second-order valence-corrected chi connectivity index (χ2v) is 5.53. The third-order valence-corrected chi connectivity index (χ3v) is 3.95. The fraction of sp³-hybridized carbons (Fsp3) is 0.571. The summed E-state index contributed by atoms with van der Waals surface area (Å²) in [5.74, 6) is -0.539. The van der Waals surface area contributed by atoms with E-state index in [1.807, 2.05) is 0 Å². The molecule has 1 aromatic carbocycles. The lowest BCUT2D eigenvalue weighted by Crippen LogP contribution is -2.43. The fourth-order valence-corrected chi connectivity index (χ4v) is 2.39. The van der Waals surface area contributed by atoms with Crippen LogP contribution in [0.1, 0.15) is 37.7 Å². The number of benzene rings is 1. The Bertz CT molecular complexity index is 467. The van der Waals surface area contributed by atoms with Crippen molar-refractivity contribution in [3.8, 4) is 5.75 Å². The van der Waals surface area contributed by atoms with Crippen molar-refractivity contribution in [2.45, 2.75) is 37.6 Å². The molecular weight excluding hydrogens is 236 g/mol. The molecule has 2 aliphatic rings. The van der Waals surface area contributed by atoms with Crippen LogP contribution in [0.5, 0.6) is 5.75 Å². The van der Waals surface area contributed by atoms with Crippen molar-refractivity contribution in [1.82, 2.24) is 0 Å². The molecule has 0 aromatic heterocycles. The van der Waals surface area contributed by atoms with E-state index in [2.05, 4.69) is 0 Å². The van der Waals surface area contributed by atoms with Gasteiger partial charge in [0.25, 0.3) is 0 Å². The average Bonchev–Trinajstić information content (AvgIpc) is 3.07. The Kier molecular flexibility index (Phi) is 2.77. The summed E-state index contributed by atoms with van der Waals surface area (Å²) in [6, 6.07) is 2.19. The summed E-state index contributed by atoms with van der Waals surface area (Å²) in [4.78, 5) is 0. The van der Waals surface area contributed by atoms with Gasteiger partial charge in [0.15, 0.2) is 11.6 Å². The van der Waals surface area contributed by atoms with Crippen molar-refractivity contribution >= 4 is 0 Å². The van der Waals surface area contributed by atoms with Crippen LogP contribution in [-0.2, 0) is 5.54 Å². The van der Waals surface area contributed by atoms with E-state index >= 15 is 0 Å². The maximum atomic E-state index is 13.9. The highest BCUT2D eigenvalue weighted by atomic mass is 19.1. The number of rotatable bonds is 4. The zero-order valence-corrected chi connectivity index (χ0v) is 10.2. The predicted octanol–water partition coefficient (Wildman–Crippen LogP) is 3.09. The summed E-state index contributed by atoms with van der Waals surface area (Å²) >= 11 is 0. The summed E-state index contributed by atoms with van der Waals surface area (Å²) in [6.07, 6.45) is 4.78. The number of hydrogen-bond acceptors (Lipinski definition) is 2. The monoisotopic (exact) mass is 253 g/mol. The van der Waals surface area contributed by atoms with Crippen LogP contribution in [0.3, 0.4) is 0 Å². The lowest BCUT2D eigenvalue weighted by atomic mass is 9.72. The Morgan fingerprint density at radius 2 is 2.00 bits per heavy atom. The van der Waals surface area contributed by atoms with Gasteiger partial charge < -0.3 is 10.5 Å². The van der Waals surface area contributed by atoms with Gasteiger partial charge in [0.1, 0.15) is 5.82 Å². The lowest BCUT2D eigenvalue weighted by molar-refractivity contribution is 0.224. The van der Waals surface area contributed by atoms with Gasteiger partial charge in [-0.3, -0.25) is 0 Å². The fourth-order valence-electron chi connectivity index (χ4n) is 2.39. The van der Waals surface area contributed by atoms with Gasteiger partial charge >= 0.3 is 0 Å². The van der Waals surface area contributed by atoms with Gasteiger partial charge in [0, 0.05) is 17.2 Å². The first-order valence-corrected chi connectivity index (χ1v) is 6.50. The van der Waals surface area contributed by atoms with Crippen LogP contribution in [0.2, 0.25) is 0 Å². The molecule has 2 fully saturated rings. The summed E-state index contributed by atoms with van der Waals surface area (Å²) in [5, 5.41) is 0. The summed E-state index contributed by atoms with van der Waals surface area (Å²) in [6.45, 7) is 0.506. The average molecular weight is 253 g/mol. The van der Waals surface area contributed by atoms with Crippen LogP contribution in [0.25, 0.3) is 0 Å². The van der Waals surface area contributed by atoms with Gasteiger partial charge in [-0.1, -0.05) is 0 Å². The van der Waals surface area contributed by atoms with Crippen LogP contribution in [0.4, 0.5) is 8.78 Å². The van der Waals surface area contributed by atoms with E-state index in [4.69, 9.17) is 10.5 Å². The van der Waals surface area contributed by atoms with E-state index in [0.29, 0.717) is 18.1 Å². The number of halogens is 2. The van der Waals surface area contributed by atoms with Gasteiger partial charge in [-0.15, -0.1) is 0 Å². The topological polar surface area (TPSA) is 35.2 Å². The molecule has 0 spiro atoms. The minimum absolute atomic E-state index is 0.158. The maximum Gasteiger partial charge on any atom is 0.168 e. The molecule has 0 heterocycles. The standard InChI is InChI=1S/C14H17F2NO/c15-10-6-11(14(17)4-1-5-14)13(12(16)7-10)18-8-9-2-3-9/h6-7,9H,1-5,8,17H2. The van der Waals surface area contributed by atoms with E-state index in [1.54, 1.807) is 0 Å². The first-order valence-electron chi connectivity index (χ1n) is 6.50. The molecule has 0 saturated heterocycles. The smallest absolute Gasteiger partial charge is 0.168 e. The second-order valence-electron chi connectivity index (χ2n) is 5.53. The van der Waals surface area contributed by atoms with E-state index in [-0.39, 0.29) is 5.75 Å². The molecule has 2 aliphatic carbocycles. The van der Waals surface area contributed by atoms with Crippen molar-refractivity contribution < 1.29 is 13.5 Å². The highest BCUT2D eigenvalue weighted by Gasteiger charge is 2.38. The minimum atomic E-state index is -0.637. The molecule has 3 rings (SSSR count). The Morgan fingerprint density at radius 3 is 2.56 bits per heavy atom. The SMILES string of the molecule is NC1(c2cc(F)cc(F)c2OCC2CC2)CCC1. The van der Waals surface area contributed by atoms with E-state index in [0.717, 1.165) is 38.2 Å². The van der Waals surface area contributed by atoms with E-state index in [9.17, 15) is 8.78 Å². The van der Waals surface area contributed by atoms with Gasteiger partial charge in [-0.05, 0) is 44.1 Å². The first-order chi connectivity index (χ1) is 8.58. The molecule has 2 N–H and O–H groups in total. The highest BCUT2D eigenvalue weighted by Crippen LogP contribution is 2.44. The van der Waals surface area contributed by atoms with Gasteiger partial charge in [-0.2, -0.15) is 0 Å². The predicted molar refractivity (Wildman–Crippen MR) is 64.3 cm³/mol. The number of nitrogens with two attached hydrogens (primary N) is 1. The molecule has 2 saturated carbocycles. The highest BCUT2D eigenvalue weighted by molar-refractivity contribution is 5.42. The van der Waals surface area contributed by atoms with Crippen molar-refractivity contribution in [3.63, 3.8) is 0 Å². The zero-order valence-electron chi connectivity index (χ0n) is 10.2. The third-order valence-electron chi connectivity index (χ3n) is 3.95.